The monoisotopic (exact) mass is 372 g/mol. The normalized spacial score (nSPS) is 11.9. The van der Waals surface area contributed by atoms with E-state index in [0.717, 1.165) is 0 Å². The molecule has 26 heavy (non-hydrogen) atoms. The van der Waals surface area contributed by atoms with E-state index in [1.165, 1.54) is 48.5 Å². The average Bonchev–Trinajstić information content (AvgIpc) is 2.60. The fraction of sp³-hybridized carbons (Fsp3) is 0. The fourth-order valence-electron chi connectivity index (χ4n) is 2.21. The van der Waals surface area contributed by atoms with Crippen LogP contribution in [0.1, 0.15) is 10.5 Å². The molecule has 0 amide bonds. The molecule has 0 unspecified atom stereocenters. The number of fused-ring (bicyclic) bond motifs is 1. The first-order valence-electron chi connectivity index (χ1n) is 7.16. The number of carboxylic acid groups (broad SMARTS) is 1. The molecule has 10 heteroatoms. The van der Waals surface area contributed by atoms with E-state index in [2.05, 4.69) is 15.2 Å². The molecule has 0 atom stereocenters. The van der Waals surface area contributed by atoms with Crippen LogP contribution in [0.15, 0.2) is 63.7 Å². The molecule has 3 rings (SSSR count). The highest BCUT2D eigenvalue weighted by Gasteiger charge is 2.11. The van der Waals surface area contributed by atoms with Crippen LogP contribution in [-0.2, 0) is 10.0 Å². The molecule has 3 aromatic rings. The van der Waals surface area contributed by atoms with E-state index in [-0.39, 0.29) is 21.9 Å². The van der Waals surface area contributed by atoms with E-state index in [9.17, 15) is 18.3 Å². The van der Waals surface area contributed by atoms with Crippen molar-refractivity contribution in [2.24, 2.45) is 15.4 Å². The number of hydrogen-bond donors (Lipinski definition) is 3. The summed E-state index contributed by atoms with van der Waals surface area (Å²) in [4.78, 5) is 14.9. The summed E-state index contributed by atoms with van der Waals surface area (Å²) < 4.78 is 22.5. The van der Waals surface area contributed by atoms with E-state index >= 15 is 0 Å². The molecule has 4 N–H and O–H groups in total. The van der Waals surface area contributed by atoms with E-state index in [0.29, 0.717) is 16.8 Å². The molecule has 0 radical (unpaired) electrons. The molecule has 0 aliphatic rings. The van der Waals surface area contributed by atoms with Gasteiger partial charge in [0.1, 0.15) is 17.0 Å². The number of nitrogens with two attached hydrogens (primary N) is 1. The maximum absolute atomic E-state index is 11.2. The van der Waals surface area contributed by atoms with Gasteiger partial charge in [-0.2, -0.15) is 5.11 Å². The molecule has 0 spiro atoms. The standard InChI is InChI=1S/C16H12N4O5S/c17-26(24,25)10-3-1-9(2-4-10)19-20-12-7-8-14(21)15-11(12)5-6-13(18-15)16(22)23/h1-8,21H,(H,22,23)(H2,17,24,25). The Morgan fingerprint density at radius 3 is 2.31 bits per heavy atom. The number of aromatic hydroxyl groups is 1. The Balaban J connectivity index is 1.99. The number of hydrogen-bond acceptors (Lipinski definition) is 7. The zero-order chi connectivity index (χ0) is 18.9. The van der Waals surface area contributed by atoms with Gasteiger partial charge < -0.3 is 10.2 Å². The summed E-state index contributed by atoms with van der Waals surface area (Å²) in [5.74, 6) is -1.40. The zero-order valence-corrected chi connectivity index (χ0v) is 13.9. The zero-order valence-electron chi connectivity index (χ0n) is 13.1. The first-order chi connectivity index (χ1) is 12.3. The average molecular weight is 372 g/mol. The summed E-state index contributed by atoms with van der Waals surface area (Å²) in [7, 11) is -3.79. The van der Waals surface area contributed by atoms with Crippen LogP contribution in [0.3, 0.4) is 0 Å². The van der Waals surface area contributed by atoms with Crippen LogP contribution >= 0.6 is 0 Å². The minimum Gasteiger partial charge on any atom is -0.506 e. The van der Waals surface area contributed by atoms with Crippen molar-refractivity contribution in [2.45, 2.75) is 4.90 Å². The number of primary sulfonamides is 1. The summed E-state index contributed by atoms with van der Waals surface area (Å²) in [5, 5.41) is 32.4. The third-order valence-electron chi connectivity index (χ3n) is 3.47. The maximum Gasteiger partial charge on any atom is 0.354 e. The number of phenolic OH excluding ortho intramolecular Hbond substituents is 1. The van der Waals surface area contributed by atoms with Crippen LogP contribution < -0.4 is 5.14 Å². The van der Waals surface area contributed by atoms with Crippen LogP contribution in [-0.4, -0.2) is 29.6 Å². The number of aromatic nitrogens is 1. The number of phenols is 1. The number of carbonyl (C=O) groups is 1. The highest BCUT2D eigenvalue weighted by molar-refractivity contribution is 7.89. The van der Waals surface area contributed by atoms with E-state index < -0.39 is 16.0 Å². The van der Waals surface area contributed by atoms with Crippen molar-refractivity contribution >= 4 is 38.3 Å². The van der Waals surface area contributed by atoms with Gasteiger partial charge in [0.15, 0.2) is 0 Å². The molecule has 0 saturated heterocycles. The van der Waals surface area contributed by atoms with Gasteiger partial charge in [-0.1, -0.05) is 0 Å². The minimum absolute atomic E-state index is 0.0445. The second-order valence-electron chi connectivity index (χ2n) is 5.24. The molecule has 0 aliphatic carbocycles. The van der Waals surface area contributed by atoms with Crippen LogP contribution in [0.2, 0.25) is 0 Å². The molecule has 1 aromatic heterocycles. The predicted octanol–water partition coefficient (Wildman–Crippen LogP) is 2.70. The molecule has 1 heterocycles. The molecule has 2 aromatic carbocycles. The van der Waals surface area contributed by atoms with Crippen molar-refractivity contribution in [1.82, 2.24) is 4.98 Å². The van der Waals surface area contributed by atoms with Crippen molar-refractivity contribution < 1.29 is 23.4 Å². The highest BCUT2D eigenvalue weighted by atomic mass is 32.2. The second-order valence-corrected chi connectivity index (χ2v) is 6.80. The van der Waals surface area contributed by atoms with E-state index in [1.807, 2.05) is 0 Å². The summed E-state index contributed by atoms with van der Waals surface area (Å²) >= 11 is 0. The van der Waals surface area contributed by atoms with E-state index in [1.54, 1.807) is 0 Å². The van der Waals surface area contributed by atoms with Crippen LogP contribution in [0.5, 0.6) is 5.75 Å². The van der Waals surface area contributed by atoms with Gasteiger partial charge in [0.25, 0.3) is 0 Å². The van der Waals surface area contributed by atoms with Crippen molar-refractivity contribution in [3.05, 3.63) is 54.2 Å². The number of pyridine rings is 1. The lowest BCUT2D eigenvalue weighted by atomic mass is 10.1. The molecule has 0 aliphatic heterocycles. The minimum atomic E-state index is -3.79. The number of azo groups is 1. The Bertz CT molecular complexity index is 1140. The Hall–Kier alpha value is -3.37. The van der Waals surface area contributed by atoms with Gasteiger partial charge in [-0.25, -0.2) is 23.3 Å². The van der Waals surface area contributed by atoms with Gasteiger partial charge in [0, 0.05) is 5.39 Å². The number of sulfonamides is 1. The van der Waals surface area contributed by atoms with Crippen LogP contribution in [0.4, 0.5) is 11.4 Å². The van der Waals surface area contributed by atoms with Crippen LogP contribution in [0, 0.1) is 0 Å². The Morgan fingerprint density at radius 1 is 1.00 bits per heavy atom. The number of rotatable bonds is 4. The quantitative estimate of drug-likeness (QED) is 0.598. The van der Waals surface area contributed by atoms with Crippen molar-refractivity contribution in [1.29, 1.82) is 0 Å². The topological polar surface area (TPSA) is 155 Å². The summed E-state index contributed by atoms with van der Waals surface area (Å²) in [6, 6.07) is 11.1. The first-order valence-corrected chi connectivity index (χ1v) is 8.71. The number of nitrogens with zero attached hydrogens (tertiary/aromatic N) is 3. The van der Waals surface area contributed by atoms with Gasteiger partial charge in [-0.15, -0.1) is 5.11 Å². The number of benzene rings is 2. The highest BCUT2D eigenvalue weighted by Crippen LogP contribution is 2.32. The summed E-state index contributed by atoms with van der Waals surface area (Å²) in [6.07, 6.45) is 0. The SMILES string of the molecule is NS(=O)(=O)c1ccc(N=Nc2ccc(O)c3nc(C(=O)O)ccc23)cc1. The fourth-order valence-corrected chi connectivity index (χ4v) is 2.72. The van der Waals surface area contributed by atoms with Crippen molar-refractivity contribution in [3.8, 4) is 5.75 Å². The number of aromatic carboxylic acids is 1. The molecule has 9 nitrogen and oxygen atoms in total. The number of carboxylic acids is 1. The van der Waals surface area contributed by atoms with E-state index in [4.69, 9.17) is 10.2 Å². The summed E-state index contributed by atoms with van der Waals surface area (Å²) in [6.45, 7) is 0. The lowest BCUT2D eigenvalue weighted by Gasteiger charge is -2.04. The second kappa shape index (κ2) is 6.50. The van der Waals surface area contributed by atoms with Crippen LogP contribution in [0.25, 0.3) is 10.9 Å². The Kier molecular flexibility index (Phi) is 4.36. The molecular formula is C16H12N4O5S. The van der Waals surface area contributed by atoms with Crippen molar-refractivity contribution in [3.63, 3.8) is 0 Å². The molecule has 0 bridgehead atoms. The van der Waals surface area contributed by atoms with Gasteiger partial charge in [-0.05, 0) is 48.5 Å². The van der Waals surface area contributed by atoms with Crippen molar-refractivity contribution in [2.75, 3.05) is 0 Å². The Labute approximate surface area is 147 Å². The molecule has 132 valence electrons. The molecular weight excluding hydrogens is 360 g/mol. The first kappa shape index (κ1) is 17.5. The van der Waals surface area contributed by atoms with Gasteiger partial charge in [0.05, 0.1) is 16.3 Å². The predicted molar refractivity (Wildman–Crippen MR) is 92.4 cm³/mol. The van der Waals surface area contributed by atoms with Gasteiger partial charge >= 0.3 is 5.97 Å². The largest absolute Gasteiger partial charge is 0.506 e. The molecule has 0 saturated carbocycles. The third-order valence-corrected chi connectivity index (χ3v) is 4.40. The molecule has 0 fully saturated rings. The smallest absolute Gasteiger partial charge is 0.354 e. The Morgan fingerprint density at radius 2 is 1.69 bits per heavy atom. The maximum atomic E-state index is 11.2. The third kappa shape index (κ3) is 3.50. The summed E-state index contributed by atoms with van der Waals surface area (Å²) in [5.41, 5.74) is 0.623. The van der Waals surface area contributed by atoms with Gasteiger partial charge in [0.2, 0.25) is 10.0 Å². The lowest BCUT2D eigenvalue weighted by Crippen LogP contribution is -2.11. The van der Waals surface area contributed by atoms with Gasteiger partial charge in [-0.3, -0.25) is 0 Å². The lowest BCUT2D eigenvalue weighted by molar-refractivity contribution is 0.0691.